The van der Waals surface area contributed by atoms with E-state index in [1.807, 2.05) is 48.9 Å². The molecule has 5 nitrogen and oxygen atoms in total. The van der Waals surface area contributed by atoms with Gasteiger partial charge in [-0.05, 0) is 47.4 Å². The van der Waals surface area contributed by atoms with E-state index in [1.165, 1.54) is 11.3 Å². The highest BCUT2D eigenvalue weighted by atomic mass is 32.1. The maximum absolute atomic E-state index is 12.2. The van der Waals surface area contributed by atoms with E-state index in [4.69, 9.17) is 0 Å². The molecule has 6 heteroatoms. The first kappa shape index (κ1) is 17.4. The molecule has 2 heterocycles. The molecule has 0 radical (unpaired) electrons. The number of nitrogens with zero attached hydrogens (tertiary/aromatic N) is 1. The predicted molar refractivity (Wildman–Crippen MR) is 92.2 cm³/mol. The van der Waals surface area contributed by atoms with Crippen molar-refractivity contribution in [2.24, 2.45) is 5.92 Å². The monoisotopic (exact) mass is 333 g/mol. The van der Waals surface area contributed by atoms with E-state index in [1.54, 1.807) is 13.1 Å². The lowest BCUT2D eigenvalue weighted by atomic mass is 9.99. The van der Waals surface area contributed by atoms with Gasteiger partial charge in [0.1, 0.15) is 5.60 Å². The number of nitrogens with one attached hydrogen (secondary N) is 2. The lowest BCUT2D eigenvalue weighted by Gasteiger charge is -2.25. The molecule has 2 atom stereocenters. The first-order valence-electron chi connectivity index (χ1n) is 7.60. The number of amides is 2. The van der Waals surface area contributed by atoms with E-state index < -0.39 is 5.60 Å². The van der Waals surface area contributed by atoms with Crippen LogP contribution >= 0.6 is 11.3 Å². The van der Waals surface area contributed by atoms with Gasteiger partial charge in [0.15, 0.2) is 0 Å². The average molecular weight is 333 g/mol. The third kappa shape index (κ3) is 4.77. The number of thiophene rings is 1. The summed E-state index contributed by atoms with van der Waals surface area (Å²) in [5.41, 5.74) is 0.533. The minimum Gasteiger partial charge on any atom is -0.384 e. The van der Waals surface area contributed by atoms with Gasteiger partial charge in [0.05, 0.1) is 18.3 Å². The quantitative estimate of drug-likeness (QED) is 0.760. The van der Waals surface area contributed by atoms with Crippen LogP contribution in [0.25, 0.3) is 0 Å². The van der Waals surface area contributed by atoms with Crippen LogP contribution in [0.4, 0.5) is 4.79 Å². The van der Waals surface area contributed by atoms with Crippen LogP contribution in [0, 0.1) is 5.92 Å². The summed E-state index contributed by atoms with van der Waals surface area (Å²) in [6.07, 6.45) is 1.71. The largest absolute Gasteiger partial charge is 0.384 e. The molecule has 124 valence electrons. The van der Waals surface area contributed by atoms with Gasteiger partial charge >= 0.3 is 6.03 Å². The molecule has 0 spiro atoms. The fourth-order valence-electron chi connectivity index (χ4n) is 2.26. The zero-order valence-electron chi connectivity index (χ0n) is 13.6. The van der Waals surface area contributed by atoms with E-state index in [-0.39, 0.29) is 24.5 Å². The van der Waals surface area contributed by atoms with Crippen molar-refractivity contribution in [3.8, 4) is 0 Å². The van der Waals surface area contributed by atoms with Gasteiger partial charge in [-0.25, -0.2) is 4.79 Å². The molecule has 0 bridgehead atoms. The maximum Gasteiger partial charge on any atom is 0.315 e. The van der Waals surface area contributed by atoms with Crippen LogP contribution in [0.1, 0.15) is 38.1 Å². The Morgan fingerprint density at radius 2 is 2.17 bits per heavy atom. The number of rotatable bonds is 6. The maximum atomic E-state index is 12.2. The van der Waals surface area contributed by atoms with E-state index in [9.17, 15) is 9.90 Å². The summed E-state index contributed by atoms with van der Waals surface area (Å²) in [5.74, 6) is 0.202. The second-order valence-corrected chi connectivity index (χ2v) is 6.87. The molecule has 0 aliphatic carbocycles. The average Bonchev–Trinajstić information content (AvgIpc) is 3.06. The summed E-state index contributed by atoms with van der Waals surface area (Å²) in [4.78, 5) is 16.5. The number of hydrogen-bond donors (Lipinski definition) is 3. The lowest BCUT2D eigenvalue weighted by Crippen LogP contribution is -2.45. The Hall–Kier alpha value is -1.92. The number of urea groups is 1. The van der Waals surface area contributed by atoms with Gasteiger partial charge in [0.25, 0.3) is 0 Å². The third-order valence-corrected chi connectivity index (χ3v) is 4.38. The number of carbonyl (C=O) groups is 1. The third-order valence-electron chi connectivity index (χ3n) is 3.70. The van der Waals surface area contributed by atoms with Crippen molar-refractivity contribution in [2.75, 3.05) is 6.54 Å². The minimum atomic E-state index is -1.09. The Labute approximate surface area is 140 Å². The molecule has 0 saturated heterocycles. The summed E-state index contributed by atoms with van der Waals surface area (Å²) < 4.78 is 0. The van der Waals surface area contributed by atoms with Crippen LogP contribution in [0.3, 0.4) is 0 Å². The Morgan fingerprint density at radius 3 is 2.74 bits per heavy atom. The van der Waals surface area contributed by atoms with Crippen LogP contribution < -0.4 is 10.6 Å². The standard InChI is InChI=1S/C17H23N3O2S/c1-12(2)15(14-6-4-5-8-18-14)20-16(21)19-11-17(3,22)13-7-9-23-10-13/h4-10,12,15,22H,11H2,1-3H3,(H2,19,20,21). The summed E-state index contributed by atoms with van der Waals surface area (Å²) in [7, 11) is 0. The van der Waals surface area contributed by atoms with Crippen molar-refractivity contribution >= 4 is 17.4 Å². The Morgan fingerprint density at radius 1 is 1.39 bits per heavy atom. The van der Waals surface area contributed by atoms with Crippen LogP contribution in [-0.2, 0) is 5.60 Å². The first-order chi connectivity index (χ1) is 10.9. The van der Waals surface area contributed by atoms with E-state index in [0.717, 1.165) is 11.3 Å². The molecule has 0 aliphatic rings. The fourth-order valence-corrected chi connectivity index (χ4v) is 3.04. The molecule has 2 rings (SSSR count). The van der Waals surface area contributed by atoms with E-state index >= 15 is 0 Å². The summed E-state index contributed by atoms with van der Waals surface area (Å²) >= 11 is 1.52. The number of aromatic nitrogens is 1. The zero-order valence-corrected chi connectivity index (χ0v) is 14.4. The zero-order chi connectivity index (χ0) is 16.9. The molecular weight excluding hydrogens is 310 g/mol. The van der Waals surface area contributed by atoms with Gasteiger partial charge in [-0.15, -0.1) is 0 Å². The SMILES string of the molecule is CC(C)C(NC(=O)NCC(C)(O)c1ccsc1)c1ccccn1. The number of hydrogen-bond acceptors (Lipinski definition) is 4. The molecular formula is C17H23N3O2S. The Kier molecular flexibility index (Phi) is 5.74. The van der Waals surface area contributed by atoms with Gasteiger partial charge < -0.3 is 15.7 Å². The smallest absolute Gasteiger partial charge is 0.315 e. The molecule has 0 aliphatic heterocycles. The number of aliphatic hydroxyl groups is 1. The highest BCUT2D eigenvalue weighted by molar-refractivity contribution is 7.08. The van der Waals surface area contributed by atoms with Crippen molar-refractivity contribution in [1.29, 1.82) is 0 Å². The fraction of sp³-hybridized carbons (Fsp3) is 0.412. The molecule has 0 saturated carbocycles. The van der Waals surface area contributed by atoms with Gasteiger partial charge in [0, 0.05) is 6.20 Å². The molecule has 23 heavy (non-hydrogen) atoms. The van der Waals surface area contributed by atoms with Gasteiger partial charge in [0.2, 0.25) is 0 Å². The van der Waals surface area contributed by atoms with Crippen LogP contribution in [-0.4, -0.2) is 22.7 Å². The van der Waals surface area contributed by atoms with Gasteiger partial charge in [-0.2, -0.15) is 11.3 Å². The molecule has 2 unspecified atom stereocenters. The molecule has 2 amide bonds. The second-order valence-electron chi connectivity index (χ2n) is 6.09. The second kappa shape index (κ2) is 7.57. The summed E-state index contributed by atoms with van der Waals surface area (Å²) in [6, 6.07) is 7.01. The normalized spacial score (nSPS) is 15.0. The van der Waals surface area contributed by atoms with Gasteiger partial charge in [-0.3, -0.25) is 4.98 Å². The topological polar surface area (TPSA) is 74.2 Å². The minimum absolute atomic E-state index is 0.141. The highest BCUT2D eigenvalue weighted by Gasteiger charge is 2.25. The highest BCUT2D eigenvalue weighted by Crippen LogP contribution is 2.22. The lowest BCUT2D eigenvalue weighted by molar-refractivity contribution is 0.0596. The Balaban J connectivity index is 1.95. The molecule has 0 fully saturated rings. The van der Waals surface area contributed by atoms with Crippen molar-refractivity contribution in [3.05, 3.63) is 52.5 Å². The van der Waals surface area contributed by atoms with Gasteiger partial charge in [-0.1, -0.05) is 19.9 Å². The van der Waals surface area contributed by atoms with Crippen LogP contribution in [0.15, 0.2) is 41.2 Å². The molecule has 3 N–H and O–H groups in total. The van der Waals surface area contributed by atoms with Crippen molar-refractivity contribution in [3.63, 3.8) is 0 Å². The van der Waals surface area contributed by atoms with E-state index in [2.05, 4.69) is 15.6 Å². The van der Waals surface area contributed by atoms with Crippen molar-refractivity contribution in [1.82, 2.24) is 15.6 Å². The number of carbonyl (C=O) groups excluding carboxylic acids is 1. The van der Waals surface area contributed by atoms with E-state index in [0.29, 0.717) is 0 Å². The summed E-state index contributed by atoms with van der Waals surface area (Å²) in [5, 5.41) is 19.9. The molecule has 2 aromatic rings. The van der Waals surface area contributed by atoms with Crippen molar-refractivity contribution in [2.45, 2.75) is 32.4 Å². The number of pyridine rings is 1. The first-order valence-corrected chi connectivity index (χ1v) is 8.55. The molecule has 0 aromatic carbocycles. The Bertz CT molecular complexity index is 612. The van der Waals surface area contributed by atoms with Crippen LogP contribution in [0.2, 0.25) is 0 Å². The summed E-state index contributed by atoms with van der Waals surface area (Å²) in [6.45, 7) is 5.89. The van der Waals surface area contributed by atoms with Crippen LogP contribution in [0.5, 0.6) is 0 Å². The predicted octanol–water partition coefficient (Wildman–Crippen LogP) is 3.05. The van der Waals surface area contributed by atoms with Crippen molar-refractivity contribution < 1.29 is 9.90 Å². The molecule has 2 aromatic heterocycles.